The minimum Gasteiger partial charge on any atom is -0.338 e. The predicted octanol–water partition coefficient (Wildman–Crippen LogP) is 2.74. The highest BCUT2D eigenvalue weighted by Gasteiger charge is 2.40. The van der Waals surface area contributed by atoms with E-state index < -0.39 is 0 Å². The van der Waals surface area contributed by atoms with Crippen LogP contribution in [0, 0.1) is 5.41 Å². The molecule has 2 amide bonds. The topological polar surface area (TPSA) is 84.3 Å². The third-order valence-electron chi connectivity index (χ3n) is 5.86. The zero-order valence-electron chi connectivity index (χ0n) is 15.7. The summed E-state index contributed by atoms with van der Waals surface area (Å²) in [5.74, 6) is -0.402. The molecule has 0 bridgehead atoms. The minimum atomic E-state index is -0.344. The van der Waals surface area contributed by atoms with Gasteiger partial charge in [-0.2, -0.15) is 0 Å². The van der Waals surface area contributed by atoms with Crippen LogP contribution in [0.5, 0.6) is 0 Å². The highest BCUT2D eigenvalue weighted by molar-refractivity contribution is 7.13. The highest BCUT2D eigenvalue weighted by atomic mass is 32.1. The number of amides is 2. The fourth-order valence-corrected chi connectivity index (χ4v) is 4.93. The van der Waals surface area contributed by atoms with Gasteiger partial charge in [0.05, 0.1) is 5.56 Å². The lowest BCUT2D eigenvalue weighted by Crippen LogP contribution is -2.34. The molecule has 0 atom stereocenters. The van der Waals surface area contributed by atoms with Crippen molar-refractivity contribution in [2.75, 3.05) is 18.4 Å². The van der Waals surface area contributed by atoms with Crippen molar-refractivity contribution < 1.29 is 9.59 Å². The molecule has 7 nitrogen and oxygen atoms in total. The molecular formula is C20H24N4O3S. The summed E-state index contributed by atoms with van der Waals surface area (Å²) < 4.78 is 1.28. The maximum Gasteiger partial charge on any atom is 0.255 e. The van der Waals surface area contributed by atoms with E-state index in [1.807, 2.05) is 4.90 Å². The van der Waals surface area contributed by atoms with Crippen LogP contribution in [0.15, 0.2) is 34.7 Å². The molecule has 1 spiro atoms. The second-order valence-electron chi connectivity index (χ2n) is 7.81. The number of carbonyl (C=O) groups excluding carboxylic acids is 2. The van der Waals surface area contributed by atoms with E-state index in [1.54, 1.807) is 17.6 Å². The second-order valence-corrected chi connectivity index (χ2v) is 8.70. The van der Waals surface area contributed by atoms with Crippen molar-refractivity contribution in [2.24, 2.45) is 5.41 Å². The van der Waals surface area contributed by atoms with Gasteiger partial charge in [-0.25, -0.2) is 4.98 Å². The van der Waals surface area contributed by atoms with E-state index in [0.717, 1.165) is 19.5 Å². The van der Waals surface area contributed by atoms with Gasteiger partial charge in [-0.15, -0.1) is 11.3 Å². The van der Waals surface area contributed by atoms with Crippen LogP contribution in [0.4, 0.5) is 5.13 Å². The van der Waals surface area contributed by atoms with Gasteiger partial charge in [0, 0.05) is 36.9 Å². The fourth-order valence-electron chi connectivity index (χ4n) is 4.38. The molecule has 0 radical (unpaired) electrons. The van der Waals surface area contributed by atoms with E-state index in [4.69, 9.17) is 0 Å². The van der Waals surface area contributed by atoms with E-state index >= 15 is 0 Å². The molecule has 1 N–H and O–H groups in total. The van der Waals surface area contributed by atoms with Gasteiger partial charge in [0.1, 0.15) is 6.54 Å². The fraction of sp³-hybridized carbons (Fsp3) is 0.500. The molecule has 28 heavy (non-hydrogen) atoms. The predicted molar refractivity (Wildman–Crippen MR) is 107 cm³/mol. The maximum absolute atomic E-state index is 13.0. The molecule has 2 aromatic heterocycles. The average molecular weight is 401 g/mol. The van der Waals surface area contributed by atoms with Gasteiger partial charge in [-0.05, 0) is 30.7 Å². The minimum absolute atomic E-state index is 0.0588. The van der Waals surface area contributed by atoms with Crippen molar-refractivity contribution in [3.8, 4) is 0 Å². The Balaban J connectivity index is 1.45. The van der Waals surface area contributed by atoms with Gasteiger partial charge >= 0.3 is 0 Å². The van der Waals surface area contributed by atoms with Gasteiger partial charge in [0.2, 0.25) is 5.91 Å². The third kappa shape index (κ3) is 4.01. The lowest BCUT2D eigenvalue weighted by Gasteiger charge is -2.33. The van der Waals surface area contributed by atoms with Gasteiger partial charge in [-0.1, -0.05) is 19.3 Å². The molecule has 8 heteroatoms. The molecule has 3 heterocycles. The number of carbonyl (C=O) groups is 2. The molecule has 1 saturated carbocycles. The Kier molecular flexibility index (Phi) is 5.30. The number of aromatic nitrogens is 2. The molecule has 1 aliphatic carbocycles. The van der Waals surface area contributed by atoms with Crippen LogP contribution < -0.4 is 10.9 Å². The quantitative estimate of drug-likeness (QED) is 0.855. The van der Waals surface area contributed by atoms with Crippen molar-refractivity contribution in [3.05, 3.63) is 45.8 Å². The number of pyridine rings is 1. The summed E-state index contributed by atoms with van der Waals surface area (Å²) in [7, 11) is 0. The number of anilines is 1. The van der Waals surface area contributed by atoms with Crippen LogP contribution in [-0.4, -0.2) is 39.4 Å². The Labute approximate surface area is 167 Å². The van der Waals surface area contributed by atoms with Gasteiger partial charge in [-0.3, -0.25) is 14.4 Å². The SMILES string of the molecule is O=C(Cn1cc(C(=O)N2CCC3(CCCCC3)C2)ccc1=O)Nc1nccs1. The zero-order chi connectivity index (χ0) is 19.6. The molecule has 1 saturated heterocycles. The normalized spacial score (nSPS) is 18.4. The van der Waals surface area contributed by atoms with Crippen molar-refractivity contribution in [1.29, 1.82) is 0 Å². The van der Waals surface area contributed by atoms with Crippen molar-refractivity contribution in [2.45, 2.75) is 45.1 Å². The highest BCUT2D eigenvalue weighted by Crippen LogP contribution is 2.43. The van der Waals surface area contributed by atoms with E-state index in [-0.39, 0.29) is 29.3 Å². The standard InChI is InChI=1S/C20H24N4O3S/c25-16(22-19-21-9-11-28-19)13-24-12-15(4-5-17(24)26)18(27)23-10-8-20(14-23)6-2-1-3-7-20/h4-5,9,11-12H,1-3,6-8,10,13-14H2,(H,21,22,25). The number of hydrogen-bond acceptors (Lipinski definition) is 5. The van der Waals surface area contributed by atoms with Crippen molar-refractivity contribution in [3.63, 3.8) is 0 Å². The van der Waals surface area contributed by atoms with Crippen LogP contribution in [0.2, 0.25) is 0 Å². The van der Waals surface area contributed by atoms with Crippen LogP contribution in [0.25, 0.3) is 0 Å². The van der Waals surface area contributed by atoms with E-state index in [9.17, 15) is 14.4 Å². The first-order chi connectivity index (χ1) is 13.5. The maximum atomic E-state index is 13.0. The van der Waals surface area contributed by atoms with Gasteiger partial charge < -0.3 is 14.8 Å². The summed E-state index contributed by atoms with van der Waals surface area (Å²) >= 11 is 1.31. The van der Waals surface area contributed by atoms with Crippen LogP contribution in [0.1, 0.15) is 48.9 Å². The smallest absolute Gasteiger partial charge is 0.255 e. The number of thiazole rings is 1. The molecule has 1 aliphatic heterocycles. The number of nitrogens with one attached hydrogen (secondary N) is 1. The monoisotopic (exact) mass is 400 g/mol. The van der Waals surface area contributed by atoms with Crippen molar-refractivity contribution >= 4 is 28.3 Å². The van der Waals surface area contributed by atoms with Gasteiger partial charge in [0.15, 0.2) is 5.13 Å². The summed E-state index contributed by atoms with van der Waals surface area (Å²) in [6, 6.07) is 2.92. The largest absolute Gasteiger partial charge is 0.338 e. The Morgan fingerprint density at radius 2 is 2.00 bits per heavy atom. The molecule has 2 aliphatic rings. The first-order valence-corrected chi connectivity index (χ1v) is 10.6. The number of rotatable bonds is 4. The summed E-state index contributed by atoms with van der Waals surface area (Å²) in [5.41, 5.74) is 0.432. The first-order valence-electron chi connectivity index (χ1n) is 9.74. The lowest BCUT2D eigenvalue weighted by molar-refractivity contribution is -0.116. The molecular weight excluding hydrogens is 376 g/mol. The van der Waals surface area contributed by atoms with Crippen molar-refractivity contribution in [1.82, 2.24) is 14.5 Å². The van der Waals surface area contributed by atoms with Crippen LogP contribution in [0.3, 0.4) is 0 Å². The van der Waals surface area contributed by atoms with E-state index in [1.165, 1.54) is 60.3 Å². The molecule has 4 rings (SSSR count). The van der Waals surface area contributed by atoms with E-state index in [2.05, 4.69) is 10.3 Å². The molecule has 2 aromatic rings. The van der Waals surface area contributed by atoms with Gasteiger partial charge in [0.25, 0.3) is 11.5 Å². The second kappa shape index (κ2) is 7.87. The summed E-state index contributed by atoms with van der Waals surface area (Å²) in [6.07, 6.45) is 10.4. The Bertz CT molecular complexity index is 916. The molecule has 0 aromatic carbocycles. The summed E-state index contributed by atoms with van der Waals surface area (Å²) in [4.78, 5) is 43.2. The average Bonchev–Trinajstić information content (AvgIpc) is 3.34. The zero-order valence-corrected chi connectivity index (χ0v) is 16.5. The summed E-state index contributed by atoms with van der Waals surface area (Å²) in [6.45, 7) is 1.42. The third-order valence-corrected chi connectivity index (χ3v) is 6.55. The Hall–Kier alpha value is -2.48. The lowest BCUT2D eigenvalue weighted by atomic mass is 9.73. The number of hydrogen-bond donors (Lipinski definition) is 1. The van der Waals surface area contributed by atoms with Crippen LogP contribution >= 0.6 is 11.3 Å². The summed E-state index contributed by atoms with van der Waals surface area (Å²) in [5, 5.41) is 4.90. The molecule has 0 unspecified atom stereocenters. The Morgan fingerprint density at radius 3 is 2.75 bits per heavy atom. The molecule has 148 valence electrons. The Morgan fingerprint density at radius 1 is 1.18 bits per heavy atom. The first kappa shape index (κ1) is 18.9. The van der Waals surface area contributed by atoms with Crippen LogP contribution in [-0.2, 0) is 11.3 Å². The number of nitrogens with zero attached hydrogens (tertiary/aromatic N) is 3. The molecule has 2 fully saturated rings. The van der Waals surface area contributed by atoms with E-state index in [0.29, 0.717) is 10.7 Å². The number of likely N-dealkylation sites (tertiary alicyclic amines) is 1.